The van der Waals surface area contributed by atoms with E-state index in [0.29, 0.717) is 145 Å². The summed E-state index contributed by atoms with van der Waals surface area (Å²) >= 11 is 1.72. The van der Waals surface area contributed by atoms with Gasteiger partial charge in [-0.1, -0.05) is 91.3 Å². The van der Waals surface area contributed by atoms with Crippen LogP contribution in [0.3, 0.4) is 0 Å². The van der Waals surface area contributed by atoms with E-state index in [4.69, 9.17) is 18.9 Å². The highest BCUT2D eigenvalue weighted by atomic mass is 32.1. The van der Waals surface area contributed by atoms with Gasteiger partial charge in [-0.15, -0.1) is 11.3 Å². The van der Waals surface area contributed by atoms with Gasteiger partial charge in [0.05, 0.1) is 51.0 Å². The van der Waals surface area contributed by atoms with Crippen molar-refractivity contribution in [2.45, 2.75) is 150 Å². The van der Waals surface area contributed by atoms with Crippen LogP contribution in [0.5, 0.6) is 29.0 Å². The van der Waals surface area contributed by atoms with Crippen LogP contribution in [0.2, 0.25) is 0 Å². The number of benzene rings is 3. The summed E-state index contributed by atoms with van der Waals surface area (Å²) in [4.78, 5) is 190. The van der Waals surface area contributed by atoms with E-state index < -0.39 is 17.3 Å². The number of methoxy groups -OCH3 is 3. The van der Waals surface area contributed by atoms with Crippen LogP contribution >= 0.6 is 11.3 Å². The van der Waals surface area contributed by atoms with E-state index in [2.05, 4.69) is 119 Å². The summed E-state index contributed by atoms with van der Waals surface area (Å²) in [6.07, 6.45) is 13.8. The molecular formula is C106H104F4N20O14S. The zero-order valence-electron chi connectivity index (χ0n) is 80.6. The zero-order valence-corrected chi connectivity index (χ0v) is 81.4. The van der Waals surface area contributed by atoms with Crippen LogP contribution in [0, 0.1) is 40.4 Å². The fourth-order valence-electron chi connectivity index (χ4n) is 15.0. The molecule has 17 rings (SSSR count). The number of Topliss-reactive ketones (excluding diaryl/α,β-unsaturated/α-hetero) is 2. The number of nitrogens with zero attached hydrogens (tertiary/aromatic N) is 12. The van der Waals surface area contributed by atoms with Crippen LogP contribution in [0.1, 0.15) is 141 Å². The molecule has 0 aliphatic heterocycles. The Morgan fingerprint density at radius 3 is 1.39 bits per heavy atom. The molecule has 13 aromatic heterocycles. The number of rotatable bonds is 31. The molecule has 0 spiro atoms. The normalized spacial score (nSPS) is 11.6. The average Bonchev–Trinajstić information content (AvgIpc) is 1.53. The van der Waals surface area contributed by atoms with Crippen LogP contribution in [0.25, 0.3) is 57.6 Å². The Labute approximate surface area is 832 Å². The van der Waals surface area contributed by atoms with E-state index in [1.54, 1.807) is 143 Å². The monoisotopic (exact) mass is 1990 g/mol. The highest BCUT2D eigenvalue weighted by Crippen LogP contribution is 2.36. The van der Waals surface area contributed by atoms with Gasteiger partial charge in [0.2, 0.25) is 29.2 Å². The number of amides is 2. The van der Waals surface area contributed by atoms with Crippen LogP contribution in [0.15, 0.2) is 260 Å². The highest BCUT2D eigenvalue weighted by molar-refractivity contribution is 7.09. The molecule has 0 fully saturated rings. The maximum absolute atomic E-state index is 13.8. The number of anilines is 1. The van der Waals surface area contributed by atoms with E-state index in [9.17, 15) is 65.5 Å². The number of hydrogen-bond donors (Lipinski definition) is 8. The second kappa shape index (κ2) is 52.3. The molecule has 3 aromatic carbocycles. The minimum absolute atomic E-state index is 0.0178. The first-order valence-electron chi connectivity index (χ1n) is 46.0. The number of fused-ring (bicyclic) bond motifs is 1. The predicted molar refractivity (Wildman–Crippen MR) is 539 cm³/mol. The highest BCUT2D eigenvalue weighted by Gasteiger charge is 2.32. The summed E-state index contributed by atoms with van der Waals surface area (Å²) < 4.78 is 72.4. The Balaban J connectivity index is 0.000000157. The van der Waals surface area contributed by atoms with Crippen molar-refractivity contribution in [2.24, 2.45) is 0 Å². The molecule has 2 amide bonds. The van der Waals surface area contributed by atoms with Crippen LogP contribution in [0.4, 0.5) is 23.2 Å². The Morgan fingerprint density at radius 1 is 0.455 bits per heavy atom. The van der Waals surface area contributed by atoms with Gasteiger partial charge < -0.3 is 59.5 Å². The minimum Gasteiger partial charge on any atom is -0.490 e. The van der Waals surface area contributed by atoms with Gasteiger partial charge in [-0.05, 0) is 205 Å². The Bertz CT molecular complexity index is 7500. The van der Waals surface area contributed by atoms with Crippen molar-refractivity contribution in [2.75, 3.05) is 26.6 Å². The maximum Gasteiger partial charge on any atom is 0.416 e. The fraction of sp³-hybridized carbons (Fsp3) is 0.245. The summed E-state index contributed by atoms with van der Waals surface area (Å²) in [5.41, 5.74) is 8.93. The summed E-state index contributed by atoms with van der Waals surface area (Å²) in [6.45, 7) is 10.9. The van der Waals surface area contributed by atoms with E-state index in [1.165, 1.54) is 74.1 Å². The molecular weight excluding hydrogens is 1890 g/mol. The van der Waals surface area contributed by atoms with Gasteiger partial charge >= 0.3 is 6.18 Å². The van der Waals surface area contributed by atoms with Crippen LogP contribution in [-0.4, -0.2) is 134 Å². The van der Waals surface area contributed by atoms with Gasteiger partial charge in [-0.2, -0.15) is 18.2 Å². The number of halogens is 4. The summed E-state index contributed by atoms with van der Waals surface area (Å²) in [5, 5.41) is 7.89. The maximum atomic E-state index is 13.8. The number of ketones is 2. The van der Waals surface area contributed by atoms with E-state index in [0.717, 1.165) is 49.8 Å². The van der Waals surface area contributed by atoms with E-state index in [1.807, 2.05) is 73.8 Å². The largest absolute Gasteiger partial charge is 0.490 e. The Hall–Kier alpha value is -17.3. The molecule has 13 heterocycles. The van der Waals surface area contributed by atoms with Crippen molar-refractivity contribution in [1.82, 2.24) is 95.0 Å². The summed E-state index contributed by atoms with van der Waals surface area (Å²) in [7, 11) is 4.19. The molecule has 8 N–H and O–H groups in total. The van der Waals surface area contributed by atoms with Crippen molar-refractivity contribution in [3.63, 3.8) is 0 Å². The molecule has 0 bridgehead atoms. The molecule has 746 valence electrons. The van der Waals surface area contributed by atoms with E-state index in [-0.39, 0.29) is 131 Å². The molecule has 0 radical (unpaired) electrons. The molecule has 39 heteroatoms. The molecule has 0 saturated carbocycles. The number of hydrogen-bond acceptors (Lipinski definition) is 27. The first kappa shape index (κ1) is 107. The topological polar surface area (TPSA) is 481 Å². The number of nitrogens with one attached hydrogen (secondary N) is 8. The quantitative estimate of drug-likeness (QED) is 0.0187. The smallest absolute Gasteiger partial charge is 0.416 e. The second-order valence-electron chi connectivity index (χ2n) is 32.7. The molecule has 0 saturated heterocycles. The zero-order chi connectivity index (χ0) is 103. The lowest BCUT2D eigenvalue weighted by Gasteiger charge is -2.14. The number of carbonyl (C=O) groups excluding carboxylic acids is 4. The molecule has 34 nitrogen and oxygen atoms in total. The van der Waals surface area contributed by atoms with Gasteiger partial charge in [-0.3, -0.25) is 72.9 Å². The first-order valence-corrected chi connectivity index (χ1v) is 46.9. The molecule has 1 unspecified atom stereocenters. The van der Waals surface area contributed by atoms with E-state index >= 15 is 0 Å². The molecule has 1 aliphatic carbocycles. The number of carbonyl (C=O) groups is 4. The molecule has 1 aliphatic rings. The lowest BCUT2D eigenvalue weighted by atomic mass is 10.0. The van der Waals surface area contributed by atoms with Gasteiger partial charge in [0, 0.05) is 132 Å². The number of alkyl halides is 3. The number of aryl methyl sites for hydroxylation is 8. The van der Waals surface area contributed by atoms with Crippen molar-refractivity contribution >= 4 is 40.4 Å². The van der Waals surface area contributed by atoms with Crippen LogP contribution in [-0.2, 0) is 76.7 Å². The van der Waals surface area contributed by atoms with Crippen LogP contribution < -0.4 is 62.9 Å². The lowest BCUT2D eigenvalue weighted by Crippen LogP contribution is -2.28. The lowest BCUT2D eigenvalue weighted by molar-refractivity contribution is -0.137. The third kappa shape index (κ3) is 31.1. The van der Waals surface area contributed by atoms with Crippen molar-refractivity contribution in [3.8, 4) is 86.6 Å². The number of ether oxygens (including phenoxy) is 4. The Morgan fingerprint density at radius 2 is 0.945 bits per heavy atom. The number of aromatic nitrogens is 18. The molecule has 1 atom stereocenters. The number of thiophene rings is 1. The molecule has 145 heavy (non-hydrogen) atoms. The average molecular weight is 1990 g/mol. The SMILES string of the molecule is CCc1ncc(OC)c(=O)[nH]1.COc1c(Oc2cccc(C(F)(F)F)c2)nc(-c2ccccn2)[nH]c1=O.COc1ccc(NC(=O)CCc2c(C)nc(-c3ccccn3)[nH]c2=O)cn1.Cc1ccc(F)c(CC(=O)CCc2c(C)nc(-c3ccccn3)[nH]c2=O)c1.Cc1nc(-c2ccccn2)[nH]c(=O)c1CCC(=O)CCCc1cccs1.Cc1nc(-c2ccccn2)[nH]c(=O)c1CCC(=O)NC1CCc2ccccc21. The molecule has 16 aromatic rings. The third-order valence-corrected chi connectivity index (χ3v) is 23.4. The number of aromatic amines is 6. The fourth-order valence-corrected chi connectivity index (χ4v) is 15.7. The summed E-state index contributed by atoms with van der Waals surface area (Å²) in [5.74, 6) is 1.96. The predicted octanol–water partition coefficient (Wildman–Crippen LogP) is 16.0. The van der Waals surface area contributed by atoms with Gasteiger partial charge in [-0.25, -0.2) is 34.3 Å². The first-order chi connectivity index (χ1) is 69.9. The second-order valence-corrected chi connectivity index (χ2v) is 33.8. The van der Waals surface area contributed by atoms with Gasteiger partial charge in [0.15, 0.2) is 29.1 Å². The van der Waals surface area contributed by atoms with Crippen molar-refractivity contribution < 1.29 is 55.7 Å². The van der Waals surface area contributed by atoms with Crippen molar-refractivity contribution in [3.05, 3.63) is 382 Å². The van der Waals surface area contributed by atoms with Gasteiger partial charge in [0.1, 0.15) is 57.4 Å². The standard InChI is InChI=1S/C22H22N4O2.C21H20FN3O2.C20H21N3O2S.C19H19N5O3.C17H12F3N3O3.C7H10N2O2/c1-14-16(22(28)26-21(24-14)19-8-4-5-13-23-19)10-12-20(27)25-18-11-9-15-6-2-3-7-17(15)18;1-13-6-9-18(22)15(11-13)12-16(26)7-8-17-14(2)24-20(25-21(17)27)19-5-3-4-10-23-19;1-14-17(11-10-15(24)6-4-7-16-8-5-13-26-16)20(25)23-19(22-14)18-9-2-3-12-21-18;1-12-14(19(26)24-18(22-12)15-5-3-4-10-20-15)7-8-16(25)23-13-6-9-17(27-2)21-11-13;1-25-13-15(24)22-14(12-7-2-3-8-21-12)23-16(13)26-11-6-4-5-10(9-11)17(18,19)20;1-3-6-8-4-5(11-2)7(10)9-6/h2-8,13,18H,9-12H2,1H3,(H,25,27)(H,24,26,28);3-6,9-11H,7-8,12H2,1-2H3,(H,24,25,27);2-3,5,8-9,12-13H,4,6-7,10-11H2,1H3,(H,22,23,25);3-6,9-11H,7-8H2,1-2H3,(H,23,25)(H,22,24,26);2-9H,1H3,(H,22,23,24);4H,3H2,1-2H3,(H,8,9,10). The minimum atomic E-state index is -4.52. The van der Waals surface area contributed by atoms with Crippen molar-refractivity contribution in [1.29, 1.82) is 0 Å². The number of H-pyrrole nitrogens is 6. The Kier molecular flexibility index (Phi) is 38.4. The van der Waals surface area contributed by atoms with Gasteiger partial charge in [0.25, 0.3) is 39.2 Å². The third-order valence-electron chi connectivity index (χ3n) is 22.5. The number of pyridine rings is 6. The summed E-state index contributed by atoms with van der Waals surface area (Å²) in [6, 6.07) is 51.3.